The molecule has 0 aliphatic heterocycles. The summed E-state index contributed by atoms with van der Waals surface area (Å²) in [7, 11) is 1.67. The van der Waals surface area contributed by atoms with Crippen LogP contribution in [0.15, 0.2) is 24.5 Å². The van der Waals surface area contributed by atoms with Gasteiger partial charge in [-0.25, -0.2) is 10.6 Å². The number of nitrogens with zero attached hydrogens (tertiary/aromatic N) is 3. The minimum Gasteiger partial charge on any atom is -0.444 e. The standard InChI is InChI=1S/C14H19N5O2/c1-14(2,3)21-13(20)18-10-6-5-9-11(12(10)19(4)15)17-8-7-16-9/h5-8H,15H2,1-4H3,(H,18,20). The van der Waals surface area contributed by atoms with Crippen LogP contribution in [0.4, 0.5) is 16.2 Å². The molecule has 1 amide bonds. The van der Waals surface area contributed by atoms with Gasteiger partial charge < -0.3 is 9.75 Å². The summed E-state index contributed by atoms with van der Waals surface area (Å²) in [6.07, 6.45) is 2.63. The maximum Gasteiger partial charge on any atom is 0.412 e. The van der Waals surface area contributed by atoms with E-state index in [9.17, 15) is 4.79 Å². The lowest BCUT2D eigenvalue weighted by atomic mass is 10.2. The summed E-state index contributed by atoms with van der Waals surface area (Å²) in [6.45, 7) is 5.40. The van der Waals surface area contributed by atoms with Gasteiger partial charge in [0.05, 0.1) is 11.2 Å². The number of amides is 1. The molecular weight excluding hydrogens is 270 g/mol. The number of ether oxygens (including phenoxy) is 1. The largest absolute Gasteiger partial charge is 0.444 e. The molecule has 0 spiro atoms. The van der Waals surface area contributed by atoms with Crippen LogP contribution in [0.1, 0.15) is 20.8 Å². The Morgan fingerprint density at radius 1 is 1.29 bits per heavy atom. The predicted molar refractivity (Wildman–Crippen MR) is 82.0 cm³/mol. The van der Waals surface area contributed by atoms with Crippen molar-refractivity contribution >= 4 is 28.5 Å². The third-order valence-electron chi connectivity index (χ3n) is 2.60. The third kappa shape index (κ3) is 3.57. The van der Waals surface area contributed by atoms with E-state index in [0.29, 0.717) is 22.4 Å². The Bertz CT molecular complexity index is 664. The van der Waals surface area contributed by atoms with Crippen molar-refractivity contribution in [2.24, 2.45) is 5.84 Å². The topological polar surface area (TPSA) is 93.4 Å². The molecule has 0 aliphatic rings. The lowest BCUT2D eigenvalue weighted by molar-refractivity contribution is 0.0636. The number of benzene rings is 1. The molecule has 0 unspecified atom stereocenters. The summed E-state index contributed by atoms with van der Waals surface area (Å²) in [4.78, 5) is 20.4. The van der Waals surface area contributed by atoms with E-state index in [2.05, 4.69) is 15.3 Å². The van der Waals surface area contributed by atoms with Gasteiger partial charge >= 0.3 is 6.09 Å². The maximum atomic E-state index is 11.9. The highest BCUT2D eigenvalue weighted by Gasteiger charge is 2.19. The summed E-state index contributed by atoms with van der Waals surface area (Å²) in [5.74, 6) is 5.86. The van der Waals surface area contributed by atoms with Gasteiger partial charge in [-0.2, -0.15) is 0 Å². The van der Waals surface area contributed by atoms with Gasteiger partial charge in [0.15, 0.2) is 0 Å². The van der Waals surface area contributed by atoms with E-state index in [-0.39, 0.29) is 0 Å². The van der Waals surface area contributed by atoms with Crippen LogP contribution in [0.25, 0.3) is 11.0 Å². The average Bonchev–Trinajstić information content (AvgIpc) is 2.35. The highest BCUT2D eigenvalue weighted by Crippen LogP contribution is 2.30. The molecule has 7 nitrogen and oxygen atoms in total. The quantitative estimate of drug-likeness (QED) is 0.651. The van der Waals surface area contributed by atoms with Crippen molar-refractivity contribution in [2.45, 2.75) is 26.4 Å². The Balaban J connectivity index is 2.40. The van der Waals surface area contributed by atoms with Crippen LogP contribution < -0.4 is 16.2 Å². The molecule has 0 fully saturated rings. The molecule has 1 aromatic carbocycles. The molecule has 0 saturated carbocycles. The number of rotatable bonds is 2. The number of anilines is 2. The predicted octanol–water partition coefficient (Wildman–Crippen LogP) is 2.29. The molecule has 7 heteroatoms. The molecule has 0 bridgehead atoms. The fourth-order valence-electron chi connectivity index (χ4n) is 1.89. The summed E-state index contributed by atoms with van der Waals surface area (Å²) in [5, 5.41) is 4.08. The van der Waals surface area contributed by atoms with Crippen molar-refractivity contribution in [1.29, 1.82) is 0 Å². The van der Waals surface area contributed by atoms with Crippen LogP contribution in [-0.2, 0) is 4.74 Å². The third-order valence-corrected chi connectivity index (χ3v) is 2.60. The smallest absolute Gasteiger partial charge is 0.412 e. The number of hydrazine groups is 1. The molecule has 0 radical (unpaired) electrons. The highest BCUT2D eigenvalue weighted by atomic mass is 16.6. The molecule has 3 N–H and O–H groups in total. The van der Waals surface area contributed by atoms with Crippen LogP contribution in [0.3, 0.4) is 0 Å². The Kier molecular flexibility index (Phi) is 3.95. The number of fused-ring (bicyclic) bond motifs is 1. The maximum absolute atomic E-state index is 11.9. The zero-order valence-corrected chi connectivity index (χ0v) is 12.5. The molecule has 112 valence electrons. The molecule has 1 heterocycles. The molecule has 1 aromatic heterocycles. The second kappa shape index (κ2) is 5.53. The fraction of sp³-hybridized carbons (Fsp3) is 0.357. The average molecular weight is 289 g/mol. The van der Waals surface area contributed by atoms with E-state index in [1.165, 1.54) is 5.01 Å². The van der Waals surface area contributed by atoms with Crippen molar-refractivity contribution in [3.8, 4) is 0 Å². The number of hydrogen-bond acceptors (Lipinski definition) is 6. The first-order valence-corrected chi connectivity index (χ1v) is 6.50. The minimum absolute atomic E-state index is 0.516. The zero-order valence-electron chi connectivity index (χ0n) is 12.5. The van der Waals surface area contributed by atoms with Crippen LogP contribution in [0.2, 0.25) is 0 Å². The van der Waals surface area contributed by atoms with Crippen LogP contribution >= 0.6 is 0 Å². The SMILES string of the molecule is CN(N)c1c(NC(=O)OC(C)(C)C)ccc2nccnc12. The van der Waals surface area contributed by atoms with Crippen molar-refractivity contribution in [3.05, 3.63) is 24.5 Å². The molecule has 2 aromatic rings. The van der Waals surface area contributed by atoms with Crippen molar-refractivity contribution in [3.63, 3.8) is 0 Å². The number of carbonyl (C=O) groups excluding carboxylic acids is 1. The number of nitrogens with one attached hydrogen (secondary N) is 1. The Morgan fingerprint density at radius 3 is 2.57 bits per heavy atom. The highest BCUT2D eigenvalue weighted by molar-refractivity contribution is 6.00. The Labute approximate surface area is 123 Å². The molecule has 0 aliphatic carbocycles. The van der Waals surface area contributed by atoms with E-state index >= 15 is 0 Å². The van der Waals surface area contributed by atoms with Gasteiger partial charge in [-0.05, 0) is 32.9 Å². The summed E-state index contributed by atoms with van der Waals surface area (Å²) in [5.41, 5.74) is 1.82. The monoisotopic (exact) mass is 289 g/mol. The van der Waals surface area contributed by atoms with E-state index in [1.54, 1.807) is 52.3 Å². The number of hydrogen-bond donors (Lipinski definition) is 2. The van der Waals surface area contributed by atoms with E-state index in [1.807, 2.05) is 0 Å². The summed E-state index contributed by atoms with van der Waals surface area (Å²) < 4.78 is 5.24. The zero-order chi connectivity index (χ0) is 15.6. The van der Waals surface area contributed by atoms with Gasteiger partial charge in [0.1, 0.15) is 16.8 Å². The second-order valence-electron chi connectivity index (χ2n) is 5.62. The molecular formula is C14H19N5O2. The van der Waals surface area contributed by atoms with Gasteiger partial charge in [0.25, 0.3) is 0 Å². The van der Waals surface area contributed by atoms with Gasteiger partial charge in [0.2, 0.25) is 0 Å². The first-order valence-electron chi connectivity index (χ1n) is 6.50. The van der Waals surface area contributed by atoms with Gasteiger partial charge in [0, 0.05) is 19.4 Å². The van der Waals surface area contributed by atoms with Crippen molar-refractivity contribution in [1.82, 2.24) is 9.97 Å². The first-order chi connectivity index (χ1) is 9.78. The summed E-state index contributed by atoms with van der Waals surface area (Å²) >= 11 is 0. The Hall–Kier alpha value is -2.41. The molecule has 0 saturated heterocycles. The number of nitrogens with two attached hydrogens (primary N) is 1. The molecule has 21 heavy (non-hydrogen) atoms. The van der Waals surface area contributed by atoms with Crippen molar-refractivity contribution < 1.29 is 9.53 Å². The summed E-state index contributed by atoms with van der Waals surface area (Å²) in [6, 6.07) is 3.49. The van der Waals surface area contributed by atoms with Crippen molar-refractivity contribution in [2.75, 3.05) is 17.4 Å². The number of aromatic nitrogens is 2. The van der Waals surface area contributed by atoms with Crippen LogP contribution in [0.5, 0.6) is 0 Å². The van der Waals surface area contributed by atoms with Crippen LogP contribution in [-0.4, -0.2) is 28.7 Å². The lowest BCUT2D eigenvalue weighted by Crippen LogP contribution is -2.30. The minimum atomic E-state index is -0.574. The second-order valence-corrected chi connectivity index (χ2v) is 5.62. The Morgan fingerprint density at radius 2 is 1.95 bits per heavy atom. The normalized spacial score (nSPS) is 11.3. The van der Waals surface area contributed by atoms with E-state index < -0.39 is 11.7 Å². The fourth-order valence-corrected chi connectivity index (χ4v) is 1.89. The van der Waals surface area contributed by atoms with E-state index in [0.717, 1.165) is 0 Å². The molecule has 0 atom stereocenters. The van der Waals surface area contributed by atoms with Crippen LogP contribution in [0, 0.1) is 0 Å². The van der Waals surface area contributed by atoms with E-state index in [4.69, 9.17) is 10.6 Å². The van der Waals surface area contributed by atoms with Gasteiger partial charge in [-0.15, -0.1) is 0 Å². The number of carbonyl (C=O) groups is 1. The molecule has 2 rings (SSSR count). The first kappa shape index (κ1) is 15.0. The lowest BCUT2D eigenvalue weighted by Gasteiger charge is -2.22. The van der Waals surface area contributed by atoms with Gasteiger partial charge in [-0.3, -0.25) is 15.3 Å². The van der Waals surface area contributed by atoms with Gasteiger partial charge in [-0.1, -0.05) is 0 Å².